The first-order valence-electron chi connectivity index (χ1n) is 8.53. The van der Waals surface area contributed by atoms with Gasteiger partial charge >= 0.3 is 0 Å². The number of nitrogens with zero attached hydrogens (tertiary/aromatic N) is 2. The molecule has 124 valence electrons. The number of halogens is 1. The monoisotopic (exact) mass is 333 g/mol. The molecule has 1 aromatic heterocycles. The molecule has 2 aliphatic heterocycles. The Morgan fingerprint density at radius 2 is 2.13 bits per heavy atom. The Kier molecular flexibility index (Phi) is 3.87. The summed E-state index contributed by atoms with van der Waals surface area (Å²) in [6, 6.07) is 4.23. The molecule has 2 saturated heterocycles. The zero-order valence-electron chi connectivity index (χ0n) is 13.8. The lowest BCUT2D eigenvalue weighted by molar-refractivity contribution is 0.0434. The van der Waals surface area contributed by atoms with Gasteiger partial charge in [-0.2, -0.15) is 5.10 Å². The third-order valence-corrected chi connectivity index (χ3v) is 6.37. The van der Waals surface area contributed by atoms with Gasteiger partial charge in [0.05, 0.1) is 24.9 Å². The van der Waals surface area contributed by atoms with E-state index in [0.717, 1.165) is 55.1 Å². The Hall–Kier alpha value is -1.10. The lowest BCUT2D eigenvalue weighted by atomic mass is 9.83. The van der Waals surface area contributed by atoms with Crippen LogP contribution in [0.25, 0.3) is 10.9 Å². The van der Waals surface area contributed by atoms with Gasteiger partial charge in [-0.25, -0.2) is 0 Å². The number of hydrogen-bond acceptors (Lipinski definition) is 3. The predicted molar refractivity (Wildman–Crippen MR) is 93.0 cm³/mol. The van der Waals surface area contributed by atoms with E-state index in [2.05, 4.69) is 35.0 Å². The third kappa shape index (κ3) is 2.57. The van der Waals surface area contributed by atoms with Gasteiger partial charge in [-0.1, -0.05) is 18.5 Å². The first-order chi connectivity index (χ1) is 11.1. The number of likely N-dealkylation sites (tertiary alicyclic amines) is 1. The van der Waals surface area contributed by atoms with E-state index >= 15 is 0 Å². The molecule has 0 aliphatic carbocycles. The Morgan fingerprint density at radius 3 is 2.83 bits per heavy atom. The molecule has 0 amide bonds. The van der Waals surface area contributed by atoms with Crippen LogP contribution in [0.4, 0.5) is 0 Å². The molecule has 4 nitrogen and oxygen atoms in total. The molecule has 0 radical (unpaired) electrons. The zero-order valence-corrected chi connectivity index (χ0v) is 14.6. The Labute approximate surface area is 142 Å². The molecule has 1 aromatic carbocycles. The van der Waals surface area contributed by atoms with Crippen molar-refractivity contribution >= 4 is 22.5 Å². The van der Waals surface area contributed by atoms with E-state index in [1.807, 2.05) is 12.3 Å². The van der Waals surface area contributed by atoms with Crippen LogP contribution in [0.15, 0.2) is 18.3 Å². The summed E-state index contributed by atoms with van der Waals surface area (Å²) in [5, 5.41) is 9.12. The number of aromatic nitrogens is 2. The first kappa shape index (κ1) is 15.4. The van der Waals surface area contributed by atoms with Gasteiger partial charge in [0.2, 0.25) is 0 Å². The molecule has 23 heavy (non-hydrogen) atoms. The summed E-state index contributed by atoms with van der Waals surface area (Å²) in [4.78, 5) is 2.63. The number of benzene rings is 1. The summed E-state index contributed by atoms with van der Waals surface area (Å²) in [7, 11) is 0. The van der Waals surface area contributed by atoms with E-state index in [4.69, 9.17) is 16.3 Å². The van der Waals surface area contributed by atoms with E-state index < -0.39 is 0 Å². The first-order valence-corrected chi connectivity index (χ1v) is 8.91. The maximum Gasteiger partial charge on any atom is 0.0654 e. The molecule has 3 heterocycles. The largest absolute Gasteiger partial charge is 0.379 e. The van der Waals surface area contributed by atoms with Crippen molar-refractivity contribution in [2.45, 2.75) is 38.1 Å². The summed E-state index contributed by atoms with van der Waals surface area (Å²) in [6.45, 7) is 8.65. The highest BCUT2D eigenvalue weighted by molar-refractivity contribution is 6.32. The molecule has 2 unspecified atom stereocenters. The van der Waals surface area contributed by atoms with Gasteiger partial charge in [0.15, 0.2) is 0 Å². The highest BCUT2D eigenvalue weighted by atomic mass is 35.5. The van der Waals surface area contributed by atoms with Crippen LogP contribution >= 0.6 is 11.6 Å². The highest BCUT2D eigenvalue weighted by Crippen LogP contribution is 2.39. The number of fused-ring (bicyclic) bond motifs is 1. The van der Waals surface area contributed by atoms with Gasteiger partial charge in [-0.15, -0.1) is 0 Å². The number of rotatable bonds is 2. The molecule has 2 fully saturated rings. The molecule has 2 aromatic rings. The number of hydrogen-bond donors (Lipinski definition) is 1. The lowest BCUT2D eigenvalue weighted by Gasteiger charge is -2.44. The fourth-order valence-corrected chi connectivity index (χ4v) is 4.49. The van der Waals surface area contributed by atoms with Crippen LogP contribution in [-0.2, 0) is 4.74 Å². The summed E-state index contributed by atoms with van der Waals surface area (Å²) < 4.78 is 5.72. The van der Waals surface area contributed by atoms with E-state index in [0.29, 0.717) is 11.8 Å². The van der Waals surface area contributed by atoms with Crippen molar-refractivity contribution in [3.63, 3.8) is 0 Å². The Bertz CT molecular complexity index is 707. The zero-order chi connectivity index (χ0) is 16.0. The van der Waals surface area contributed by atoms with Crippen molar-refractivity contribution in [1.82, 2.24) is 15.1 Å². The second-order valence-electron chi connectivity index (χ2n) is 7.37. The van der Waals surface area contributed by atoms with Crippen molar-refractivity contribution in [3.8, 4) is 0 Å². The molecule has 2 aliphatic rings. The minimum Gasteiger partial charge on any atom is -0.379 e. The molecule has 0 saturated carbocycles. The third-order valence-electron chi connectivity index (χ3n) is 6.04. The second-order valence-corrected chi connectivity index (χ2v) is 7.77. The number of ether oxygens (including phenoxy) is 1. The van der Waals surface area contributed by atoms with Crippen molar-refractivity contribution in [2.75, 3.05) is 26.3 Å². The van der Waals surface area contributed by atoms with E-state index in [-0.39, 0.29) is 5.54 Å². The van der Waals surface area contributed by atoms with Gasteiger partial charge < -0.3 is 4.74 Å². The van der Waals surface area contributed by atoms with Crippen molar-refractivity contribution in [1.29, 1.82) is 0 Å². The average Bonchev–Trinajstić information content (AvgIpc) is 3.14. The van der Waals surface area contributed by atoms with Crippen molar-refractivity contribution < 1.29 is 4.74 Å². The minimum absolute atomic E-state index is 0.197. The van der Waals surface area contributed by atoms with Gasteiger partial charge in [-0.05, 0) is 62.4 Å². The quantitative estimate of drug-likeness (QED) is 0.908. The summed E-state index contributed by atoms with van der Waals surface area (Å²) in [5.41, 5.74) is 2.54. The van der Waals surface area contributed by atoms with Crippen molar-refractivity contribution in [3.05, 3.63) is 28.9 Å². The molecule has 2 atom stereocenters. The van der Waals surface area contributed by atoms with Gasteiger partial charge in [0.1, 0.15) is 0 Å². The van der Waals surface area contributed by atoms with Gasteiger partial charge in [0, 0.05) is 15.9 Å². The number of aromatic amines is 1. The normalized spacial score (nSPS) is 30.3. The SMILES string of the molecule is CC1COCC1(C)N1CCC(c2cc3[nH]ncc3cc2Cl)CC1. The molecule has 0 spiro atoms. The van der Waals surface area contributed by atoms with Crippen LogP contribution in [0, 0.1) is 5.92 Å². The van der Waals surface area contributed by atoms with Gasteiger partial charge in [0.25, 0.3) is 0 Å². The van der Waals surface area contributed by atoms with Crippen LogP contribution in [0.3, 0.4) is 0 Å². The van der Waals surface area contributed by atoms with Crippen molar-refractivity contribution in [2.24, 2.45) is 5.92 Å². The van der Waals surface area contributed by atoms with Gasteiger partial charge in [-0.3, -0.25) is 10.00 Å². The molecule has 5 heteroatoms. The summed E-state index contributed by atoms with van der Waals surface area (Å²) in [6.07, 6.45) is 4.14. The fourth-order valence-electron chi connectivity index (χ4n) is 4.16. The fraction of sp³-hybridized carbons (Fsp3) is 0.611. The maximum absolute atomic E-state index is 6.53. The second kappa shape index (κ2) is 5.76. The standard InChI is InChI=1S/C18H24ClN3O/c1-12-10-23-11-18(12,2)22-5-3-13(4-6-22)15-8-17-14(7-16(15)19)9-20-21-17/h7-9,12-13H,3-6,10-11H2,1-2H3,(H,20,21). The van der Waals surface area contributed by atoms with Crippen LogP contribution in [0.1, 0.15) is 38.2 Å². The number of nitrogens with one attached hydrogen (secondary N) is 1. The van der Waals surface area contributed by atoms with E-state index in [1.165, 1.54) is 5.56 Å². The number of H-pyrrole nitrogens is 1. The highest BCUT2D eigenvalue weighted by Gasteiger charge is 2.43. The smallest absolute Gasteiger partial charge is 0.0654 e. The predicted octanol–water partition coefficient (Wildman–Crippen LogP) is 3.82. The lowest BCUT2D eigenvalue weighted by Crippen LogP contribution is -2.53. The van der Waals surface area contributed by atoms with Crippen LogP contribution in [0.5, 0.6) is 0 Å². The molecule has 4 rings (SSSR count). The Balaban J connectivity index is 1.51. The molecule has 0 bridgehead atoms. The minimum atomic E-state index is 0.197. The van der Waals surface area contributed by atoms with E-state index in [9.17, 15) is 0 Å². The molecular weight excluding hydrogens is 310 g/mol. The average molecular weight is 334 g/mol. The Morgan fingerprint density at radius 1 is 1.35 bits per heavy atom. The number of piperidine rings is 1. The van der Waals surface area contributed by atoms with Crippen LogP contribution < -0.4 is 0 Å². The van der Waals surface area contributed by atoms with E-state index in [1.54, 1.807) is 0 Å². The summed E-state index contributed by atoms with van der Waals surface area (Å²) in [5.74, 6) is 1.14. The molecular formula is C18H24ClN3O. The van der Waals surface area contributed by atoms with Crippen LogP contribution in [0.2, 0.25) is 5.02 Å². The summed E-state index contributed by atoms with van der Waals surface area (Å²) >= 11 is 6.53. The maximum atomic E-state index is 6.53. The topological polar surface area (TPSA) is 41.1 Å². The molecule has 1 N–H and O–H groups in total. The van der Waals surface area contributed by atoms with Crippen LogP contribution in [-0.4, -0.2) is 46.9 Å².